The van der Waals surface area contributed by atoms with E-state index in [1.54, 1.807) is 0 Å². The van der Waals surface area contributed by atoms with Crippen molar-refractivity contribution in [3.63, 3.8) is 0 Å². The number of hydrogen-bond acceptors (Lipinski definition) is 3. The number of carbonyl (C=O) groups excluding carboxylic acids is 1. The van der Waals surface area contributed by atoms with E-state index in [9.17, 15) is 9.90 Å². The summed E-state index contributed by atoms with van der Waals surface area (Å²) >= 11 is 4.92. The highest BCUT2D eigenvalue weighted by Gasteiger charge is 2.23. The normalized spacial score (nSPS) is 13.5. The molecule has 1 amide bonds. The Bertz CT molecular complexity index is 861. The largest absolute Gasteiger partial charge is 0.493 e. The first-order valence-electron chi connectivity index (χ1n) is 5.88. The Balaban J connectivity index is 2.43. The SMILES string of the molecule is CCc1cccc2c1=NC(=O)C=2c1[nH]c(=S)[nH]c1O. The Morgan fingerprint density at radius 2 is 2.16 bits per heavy atom. The van der Waals surface area contributed by atoms with E-state index in [2.05, 4.69) is 15.0 Å². The predicted octanol–water partition coefficient (Wildman–Crippen LogP) is 0.699. The summed E-state index contributed by atoms with van der Waals surface area (Å²) in [6.07, 6.45) is 0.794. The second-order valence-corrected chi connectivity index (χ2v) is 4.67. The average molecular weight is 273 g/mol. The van der Waals surface area contributed by atoms with Gasteiger partial charge in [-0.1, -0.05) is 25.1 Å². The number of para-hydroxylation sites is 1. The van der Waals surface area contributed by atoms with Gasteiger partial charge >= 0.3 is 0 Å². The third kappa shape index (κ3) is 1.72. The summed E-state index contributed by atoms with van der Waals surface area (Å²) in [5, 5.41) is 11.2. The molecule has 1 aromatic carbocycles. The van der Waals surface area contributed by atoms with Gasteiger partial charge < -0.3 is 15.1 Å². The first-order valence-corrected chi connectivity index (χ1v) is 6.29. The number of aromatic nitrogens is 2. The molecule has 6 heteroatoms. The molecule has 0 saturated heterocycles. The number of benzene rings is 1. The number of amides is 1. The first-order chi connectivity index (χ1) is 9.11. The number of aromatic amines is 2. The number of rotatable bonds is 2. The van der Waals surface area contributed by atoms with Crippen LogP contribution in [0.25, 0.3) is 5.57 Å². The van der Waals surface area contributed by atoms with Crippen LogP contribution >= 0.6 is 12.2 Å². The van der Waals surface area contributed by atoms with Gasteiger partial charge in [-0.25, -0.2) is 4.99 Å². The minimum Gasteiger partial charge on any atom is -0.493 e. The summed E-state index contributed by atoms with van der Waals surface area (Å²) in [5.41, 5.74) is 1.66. The lowest BCUT2D eigenvalue weighted by molar-refractivity contribution is -0.112. The molecule has 1 aromatic heterocycles. The van der Waals surface area contributed by atoms with Gasteiger partial charge in [-0.05, 0) is 24.2 Å². The lowest BCUT2D eigenvalue weighted by Crippen LogP contribution is -2.27. The van der Waals surface area contributed by atoms with Crippen LogP contribution in [0, 0.1) is 4.77 Å². The second-order valence-electron chi connectivity index (χ2n) is 4.26. The van der Waals surface area contributed by atoms with E-state index < -0.39 is 0 Å². The Labute approximate surface area is 113 Å². The van der Waals surface area contributed by atoms with Crippen LogP contribution in [0.15, 0.2) is 23.2 Å². The first kappa shape index (κ1) is 11.9. The van der Waals surface area contributed by atoms with Crippen LogP contribution in [0.5, 0.6) is 5.88 Å². The van der Waals surface area contributed by atoms with Gasteiger partial charge in [-0.15, -0.1) is 0 Å². The minimum atomic E-state index is -0.364. The number of hydrogen-bond donors (Lipinski definition) is 3. The maximum absolute atomic E-state index is 12.1. The standard InChI is InChI=1S/C13H11N3O2S/c1-2-6-4-3-5-7-8(11(17)14-9(6)7)10-12(18)16-13(19)15-10/h3-5,18H,2H2,1H3,(H2,15,16,19). The molecule has 0 bridgehead atoms. The maximum Gasteiger partial charge on any atom is 0.280 e. The number of fused-ring (bicyclic) bond motifs is 1. The van der Waals surface area contributed by atoms with Crippen molar-refractivity contribution < 1.29 is 9.90 Å². The summed E-state index contributed by atoms with van der Waals surface area (Å²) in [7, 11) is 0. The van der Waals surface area contributed by atoms with Crippen molar-refractivity contribution in [1.29, 1.82) is 0 Å². The number of nitrogens with one attached hydrogen (secondary N) is 2. The fourth-order valence-corrected chi connectivity index (χ4v) is 2.48. The average Bonchev–Trinajstić information content (AvgIpc) is 2.87. The predicted molar refractivity (Wildman–Crippen MR) is 71.8 cm³/mol. The monoisotopic (exact) mass is 273 g/mol. The summed E-state index contributed by atoms with van der Waals surface area (Å²) in [6, 6.07) is 5.64. The molecule has 0 saturated carbocycles. The third-order valence-electron chi connectivity index (χ3n) is 3.15. The molecule has 2 aromatic rings. The number of imidazole rings is 1. The van der Waals surface area contributed by atoms with E-state index in [0.717, 1.165) is 17.2 Å². The Morgan fingerprint density at radius 3 is 2.79 bits per heavy atom. The van der Waals surface area contributed by atoms with Crippen LogP contribution in [0.1, 0.15) is 18.2 Å². The molecule has 2 heterocycles. The van der Waals surface area contributed by atoms with E-state index in [-0.39, 0.29) is 16.6 Å². The molecule has 3 rings (SSSR count). The van der Waals surface area contributed by atoms with E-state index in [1.165, 1.54) is 0 Å². The molecule has 19 heavy (non-hydrogen) atoms. The van der Waals surface area contributed by atoms with E-state index in [1.807, 2.05) is 25.1 Å². The van der Waals surface area contributed by atoms with Gasteiger partial charge in [-0.3, -0.25) is 4.79 Å². The van der Waals surface area contributed by atoms with E-state index in [0.29, 0.717) is 16.6 Å². The van der Waals surface area contributed by atoms with Crippen molar-refractivity contribution in [2.45, 2.75) is 13.3 Å². The number of carbonyl (C=O) groups is 1. The van der Waals surface area contributed by atoms with Crippen molar-refractivity contribution in [2.75, 3.05) is 0 Å². The highest BCUT2D eigenvalue weighted by molar-refractivity contribution is 7.71. The summed E-state index contributed by atoms with van der Waals surface area (Å²) < 4.78 is 0.271. The van der Waals surface area contributed by atoms with Crippen LogP contribution in [0.3, 0.4) is 0 Å². The molecule has 1 aliphatic rings. The van der Waals surface area contributed by atoms with Crippen LogP contribution in [-0.4, -0.2) is 21.0 Å². The minimum absolute atomic E-state index is 0.140. The molecule has 0 fully saturated rings. The number of nitrogens with zero attached hydrogens (tertiary/aromatic N) is 1. The topological polar surface area (TPSA) is 81.2 Å². The van der Waals surface area contributed by atoms with Crippen molar-refractivity contribution in [1.82, 2.24) is 9.97 Å². The maximum atomic E-state index is 12.1. The van der Waals surface area contributed by atoms with Gasteiger partial charge in [0.2, 0.25) is 5.88 Å². The van der Waals surface area contributed by atoms with Gasteiger partial charge in [0.25, 0.3) is 5.91 Å². The summed E-state index contributed by atoms with van der Waals surface area (Å²) in [5.74, 6) is -0.505. The van der Waals surface area contributed by atoms with Crippen molar-refractivity contribution in [3.05, 3.63) is 44.8 Å². The second kappa shape index (κ2) is 4.17. The number of H-pyrrole nitrogens is 2. The highest BCUT2D eigenvalue weighted by Crippen LogP contribution is 2.21. The fourth-order valence-electron chi connectivity index (χ4n) is 2.28. The molecule has 0 atom stereocenters. The molecule has 0 spiro atoms. The fraction of sp³-hybridized carbons (Fsp3) is 0.154. The lowest BCUT2D eigenvalue weighted by Gasteiger charge is -1.97. The van der Waals surface area contributed by atoms with Crippen LogP contribution in [-0.2, 0) is 11.2 Å². The van der Waals surface area contributed by atoms with Gasteiger partial charge in [-0.2, -0.15) is 0 Å². The Morgan fingerprint density at radius 1 is 1.37 bits per heavy atom. The van der Waals surface area contributed by atoms with Crippen molar-refractivity contribution >= 4 is 23.7 Å². The number of aromatic hydroxyl groups is 1. The Kier molecular flexibility index (Phi) is 2.60. The quantitative estimate of drug-likeness (QED) is 0.704. The Hall–Kier alpha value is -2.21. The summed E-state index contributed by atoms with van der Waals surface area (Å²) in [6.45, 7) is 2.01. The van der Waals surface area contributed by atoms with Crippen LogP contribution < -0.4 is 10.6 Å². The number of aryl methyl sites for hydroxylation is 1. The van der Waals surface area contributed by atoms with Gasteiger partial charge in [0.05, 0.1) is 10.9 Å². The van der Waals surface area contributed by atoms with Crippen LogP contribution in [0.4, 0.5) is 0 Å². The van der Waals surface area contributed by atoms with Crippen LogP contribution in [0.2, 0.25) is 0 Å². The molecule has 96 valence electrons. The van der Waals surface area contributed by atoms with E-state index >= 15 is 0 Å². The highest BCUT2D eigenvalue weighted by atomic mass is 32.1. The molecular weight excluding hydrogens is 262 g/mol. The zero-order valence-corrected chi connectivity index (χ0v) is 11.0. The summed E-state index contributed by atoms with van der Waals surface area (Å²) in [4.78, 5) is 21.5. The third-order valence-corrected chi connectivity index (χ3v) is 3.36. The van der Waals surface area contributed by atoms with E-state index in [4.69, 9.17) is 12.2 Å². The van der Waals surface area contributed by atoms with Gasteiger partial charge in [0.15, 0.2) is 4.77 Å². The molecule has 0 radical (unpaired) electrons. The van der Waals surface area contributed by atoms with Gasteiger partial charge in [0, 0.05) is 5.22 Å². The zero-order chi connectivity index (χ0) is 13.6. The molecule has 5 nitrogen and oxygen atoms in total. The molecule has 3 N–H and O–H groups in total. The molecule has 0 unspecified atom stereocenters. The molecule has 0 aliphatic carbocycles. The smallest absolute Gasteiger partial charge is 0.280 e. The molecule has 1 aliphatic heterocycles. The molecular formula is C13H11N3O2S. The van der Waals surface area contributed by atoms with Crippen molar-refractivity contribution in [3.8, 4) is 5.88 Å². The van der Waals surface area contributed by atoms with Gasteiger partial charge in [0.1, 0.15) is 5.69 Å². The lowest BCUT2D eigenvalue weighted by atomic mass is 10.1. The van der Waals surface area contributed by atoms with Crippen molar-refractivity contribution in [2.24, 2.45) is 4.99 Å². The zero-order valence-electron chi connectivity index (χ0n) is 10.2.